The molecule has 2 heterocycles. The summed E-state index contributed by atoms with van der Waals surface area (Å²) in [5, 5.41) is 7.71. The number of rotatable bonds is 5. The summed E-state index contributed by atoms with van der Waals surface area (Å²) in [6.07, 6.45) is 0. The fourth-order valence-corrected chi connectivity index (χ4v) is 2.91. The van der Waals surface area contributed by atoms with E-state index in [0.29, 0.717) is 22.8 Å². The van der Waals surface area contributed by atoms with Crippen molar-refractivity contribution in [3.8, 4) is 17.0 Å². The number of carbonyl (C=O) groups is 1. The molecule has 0 unspecified atom stereocenters. The number of esters is 1. The Morgan fingerprint density at radius 1 is 1.00 bits per heavy atom. The van der Waals surface area contributed by atoms with Gasteiger partial charge in [0.05, 0.1) is 25.5 Å². The van der Waals surface area contributed by atoms with Crippen molar-refractivity contribution in [2.45, 2.75) is 0 Å². The van der Waals surface area contributed by atoms with Crippen molar-refractivity contribution in [2.75, 3.05) is 19.5 Å². The van der Waals surface area contributed by atoms with Gasteiger partial charge in [-0.1, -0.05) is 12.1 Å². The maximum Gasteiger partial charge on any atom is 0.337 e. The summed E-state index contributed by atoms with van der Waals surface area (Å²) in [7, 11) is 2.99. The lowest BCUT2D eigenvalue weighted by Crippen LogP contribution is -2.02. The molecule has 0 amide bonds. The molecule has 0 bridgehead atoms. The Morgan fingerprint density at radius 3 is 2.54 bits per heavy atom. The second-order valence-electron chi connectivity index (χ2n) is 6.04. The highest BCUT2D eigenvalue weighted by Gasteiger charge is 2.11. The minimum atomic E-state index is -0.395. The maximum atomic E-state index is 11.7. The highest BCUT2D eigenvalue weighted by Crippen LogP contribution is 2.24. The molecule has 0 aliphatic heterocycles. The number of methoxy groups -OCH3 is 2. The molecular formula is C21H18N4O3. The second kappa shape index (κ2) is 7.40. The molecule has 2 aromatic carbocycles. The molecule has 0 radical (unpaired) electrons. The Hall–Kier alpha value is -3.87. The van der Waals surface area contributed by atoms with Crippen LogP contribution in [0.5, 0.6) is 5.75 Å². The van der Waals surface area contributed by atoms with Gasteiger partial charge in [-0.05, 0) is 54.6 Å². The van der Waals surface area contributed by atoms with Crippen molar-refractivity contribution in [1.29, 1.82) is 0 Å². The van der Waals surface area contributed by atoms with E-state index in [1.807, 2.05) is 48.5 Å². The molecule has 7 heteroatoms. The van der Waals surface area contributed by atoms with Crippen LogP contribution in [0.2, 0.25) is 0 Å². The first-order valence-corrected chi connectivity index (χ1v) is 8.63. The van der Waals surface area contributed by atoms with Gasteiger partial charge >= 0.3 is 5.97 Å². The molecule has 4 rings (SSSR count). The van der Waals surface area contributed by atoms with Crippen LogP contribution in [0.15, 0.2) is 66.7 Å². The monoisotopic (exact) mass is 374 g/mol. The van der Waals surface area contributed by atoms with Crippen molar-refractivity contribution in [3.05, 3.63) is 72.3 Å². The van der Waals surface area contributed by atoms with Crippen LogP contribution in [0.25, 0.3) is 16.9 Å². The van der Waals surface area contributed by atoms with Crippen LogP contribution >= 0.6 is 0 Å². The molecule has 0 atom stereocenters. The molecule has 0 aliphatic carbocycles. The summed E-state index contributed by atoms with van der Waals surface area (Å²) < 4.78 is 11.8. The average molecular weight is 374 g/mol. The third kappa shape index (κ3) is 3.37. The van der Waals surface area contributed by atoms with E-state index in [1.165, 1.54) is 7.11 Å². The summed E-state index contributed by atoms with van der Waals surface area (Å²) >= 11 is 0. The topological polar surface area (TPSA) is 77.8 Å². The fourth-order valence-electron chi connectivity index (χ4n) is 2.91. The number of hydrogen-bond acceptors (Lipinski definition) is 6. The summed E-state index contributed by atoms with van der Waals surface area (Å²) in [5.41, 5.74) is 3.76. The number of pyridine rings is 1. The quantitative estimate of drug-likeness (QED) is 0.533. The van der Waals surface area contributed by atoms with Crippen molar-refractivity contribution >= 4 is 23.3 Å². The molecular weight excluding hydrogens is 356 g/mol. The molecule has 140 valence electrons. The van der Waals surface area contributed by atoms with Gasteiger partial charge in [-0.25, -0.2) is 9.31 Å². The van der Waals surface area contributed by atoms with Crippen LogP contribution < -0.4 is 10.1 Å². The van der Waals surface area contributed by atoms with E-state index in [0.717, 1.165) is 17.0 Å². The Balaban J connectivity index is 1.68. The van der Waals surface area contributed by atoms with E-state index in [9.17, 15) is 4.79 Å². The van der Waals surface area contributed by atoms with Gasteiger partial charge in [0.2, 0.25) is 5.95 Å². The molecule has 0 fully saturated rings. The molecule has 4 aromatic rings. The van der Waals surface area contributed by atoms with Gasteiger partial charge in [-0.15, -0.1) is 5.10 Å². The van der Waals surface area contributed by atoms with Gasteiger partial charge in [-0.2, -0.15) is 4.98 Å². The zero-order chi connectivity index (χ0) is 19.5. The number of anilines is 2. The fraction of sp³-hybridized carbons (Fsp3) is 0.0952. The van der Waals surface area contributed by atoms with E-state index in [1.54, 1.807) is 29.8 Å². The molecule has 0 saturated heterocycles. The lowest BCUT2D eigenvalue weighted by molar-refractivity contribution is 0.0601. The van der Waals surface area contributed by atoms with E-state index in [-0.39, 0.29) is 0 Å². The number of aromatic nitrogens is 3. The first-order valence-electron chi connectivity index (χ1n) is 8.63. The third-order valence-corrected chi connectivity index (χ3v) is 4.29. The smallest absolute Gasteiger partial charge is 0.337 e. The van der Waals surface area contributed by atoms with Gasteiger partial charge in [0, 0.05) is 11.3 Å². The molecule has 1 N–H and O–H groups in total. The van der Waals surface area contributed by atoms with Crippen molar-refractivity contribution in [3.63, 3.8) is 0 Å². The van der Waals surface area contributed by atoms with Crippen LogP contribution in [-0.4, -0.2) is 34.8 Å². The normalized spacial score (nSPS) is 10.6. The first-order chi connectivity index (χ1) is 13.7. The summed E-state index contributed by atoms with van der Waals surface area (Å²) in [5.74, 6) is 0.832. The van der Waals surface area contributed by atoms with E-state index >= 15 is 0 Å². The summed E-state index contributed by atoms with van der Waals surface area (Å²) in [4.78, 5) is 16.2. The SMILES string of the molecule is COC(=O)c1cccc(Nc2nc3cccc(-c4ccc(OC)cc4)n3n2)c1. The molecule has 0 spiro atoms. The van der Waals surface area contributed by atoms with E-state index in [4.69, 9.17) is 9.47 Å². The van der Waals surface area contributed by atoms with Gasteiger partial charge in [0.1, 0.15) is 5.75 Å². The van der Waals surface area contributed by atoms with E-state index in [2.05, 4.69) is 15.4 Å². The van der Waals surface area contributed by atoms with Gasteiger partial charge < -0.3 is 14.8 Å². The minimum absolute atomic E-state index is 0.395. The summed E-state index contributed by atoms with van der Waals surface area (Å²) in [6, 6.07) is 20.6. The van der Waals surface area contributed by atoms with Crippen LogP contribution in [0.4, 0.5) is 11.6 Å². The Bertz CT molecular complexity index is 1140. The molecule has 0 saturated carbocycles. The Labute approximate surface area is 161 Å². The van der Waals surface area contributed by atoms with Crippen molar-refractivity contribution in [2.24, 2.45) is 0 Å². The van der Waals surface area contributed by atoms with Crippen LogP contribution in [0.1, 0.15) is 10.4 Å². The number of fused-ring (bicyclic) bond motifs is 1. The highest BCUT2D eigenvalue weighted by atomic mass is 16.5. The van der Waals surface area contributed by atoms with Gasteiger partial charge in [0.25, 0.3) is 0 Å². The minimum Gasteiger partial charge on any atom is -0.497 e. The molecule has 2 aromatic heterocycles. The zero-order valence-corrected chi connectivity index (χ0v) is 15.4. The number of nitrogens with one attached hydrogen (secondary N) is 1. The number of nitrogens with zero attached hydrogens (tertiary/aromatic N) is 3. The third-order valence-electron chi connectivity index (χ3n) is 4.29. The Kier molecular flexibility index (Phi) is 4.63. The molecule has 28 heavy (non-hydrogen) atoms. The van der Waals surface area contributed by atoms with Crippen LogP contribution in [0.3, 0.4) is 0 Å². The van der Waals surface area contributed by atoms with Gasteiger partial charge in [0.15, 0.2) is 5.65 Å². The second-order valence-corrected chi connectivity index (χ2v) is 6.04. The van der Waals surface area contributed by atoms with Crippen LogP contribution in [-0.2, 0) is 4.74 Å². The predicted octanol–water partition coefficient (Wildman–Crippen LogP) is 3.94. The summed E-state index contributed by atoms with van der Waals surface area (Å²) in [6.45, 7) is 0. The lowest BCUT2D eigenvalue weighted by atomic mass is 10.1. The van der Waals surface area contributed by atoms with Gasteiger partial charge in [-0.3, -0.25) is 0 Å². The number of ether oxygens (including phenoxy) is 2. The number of hydrogen-bond donors (Lipinski definition) is 1. The van der Waals surface area contributed by atoms with Crippen LogP contribution in [0, 0.1) is 0 Å². The largest absolute Gasteiger partial charge is 0.497 e. The zero-order valence-electron chi connectivity index (χ0n) is 15.4. The van der Waals surface area contributed by atoms with E-state index < -0.39 is 5.97 Å². The Morgan fingerprint density at radius 2 is 1.79 bits per heavy atom. The predicted molar refractivity (Wildman–Crippen MR) is 106 cm³/mol. The molecule has 0 aliphatic rings. The first kappa shape index (κ1) is 17.5. The maximum absolute atomic E-state index is 11.7. The van der Waals surface area contributed by atoms with Crippen molar-refractivity contribution in [1.82, 2.24) is 14.6 Å². The standard InChI is InChI=1S/C21H18N4O3/c1-27-17-11-9-14(10-12-17)18-7-4-8-19-23-21(24-25(18)19)22-16-6-3-5-15(13-16)20(26)28-2/h3-13H,1-2H3,(H,22,24). The highest BCUT2D eigenvalue weighted by molar-refractivity contribution is 5.90. The number of carbonyl (C=O) groups excluding carboxylic acids is 1. The van der Waals surface area contributed by atoms with Crippen molar-refractivity contribution < 1.29 is 14.3 Å². The lowest BCUT2D eigenvalue weighted by Gasteiger charge is -2.05. The number of benzene rings is 2. The molecule has 7 nitrogen and oxygen atoms in total. The average Bonchev–Trinajstić information content (AvgIpc) is 3.15.